The van der Waals surface area contributed by atoms with Crippen LogP contribution >= 0.6 is 0 Å². The van der Waals surface area contributed by atoms with Gasteiger partial charge in [0.15, 0.2) is 5.96 Å². The lowest BCUT2D eigenvalue weighted by Crippen LogP contribution is -2.38. The highest BCUT2D eigenvalue weighted by Crippen LogP contribution is 2.14. The summed E-state index contributed by atoms with van der Waals surface area (Å²) in [6.45, 7) is 9.06. The van der Waals surface area contributed by atoms with Crippen molar-refractivity contribution in [3.63, 3.8) is 0 Å². The number of guanidine groups is 1. The number of nitrogens with one attached hydrogen (secondary N) is 2. The average molecular weight is 344 g/mol. The van der Waals surface area contributed by atoms with E-state index in [2.05, 4.69) is 22.5 Å². The molecule has 0 radical (unpaired) electrons. The first-order valence-electron chi connectivity index (χ1n) is 9.54. The van der Waals surface area contributed by atoms with Crippen LogP contribution in [0.2, 0.25) is 0 Å². The Labute approximate surface area is 147 Å². The van der Waals surface area contributed by atoms with Gasteiger partial charge in [-0.2, -0.15) is 0 Å². The molecule has 6 heteroatoms. The Kier molecular flexibility index (Phi) is 13.8. The third kappa shape index (κ3) is 11.6. The van der Waals surface area contributed by atoms with Crippen LogP contribution in [0.1, 0.15) is 45.4 Å². The van der Waals surface area contributed by atoms with Gasteiger partial charge in [-0.1, -0.05) is 13.3 Å². The van der Waals surface area contributed by atoms with Gasteiger partial charge in [0.05, 0.1) is 0 Å². The number of nitrogens with zero attached hydrogens (tertiary/aromatic N) is 1. The van der Waals surface area contributed by atoms with Crippen molar-refractivity contribution in [1.82, 2.24) is 10.6 Å². The third-order valence-corrected chi connectivity index (χ3v) is 4.08. The molecule has 24 heavy (non-hydrogen) atoms. The van der Waals surface area contributed by atoms with Crippen molar-refractivity contribution in [2.45, 2.75) is 45.4 Å². The fourth-order valence-electron chi connectivity index (χ4n) is 2.49. The second-order valence-corrected chi connectivity index (χ2v) is 6.23. The summed E-state index contributed by atoms with van der Waals surface area (Å²) in [6.07, 6.45) is 6.59. The van der Waals surface area contributed by atoms with Crippen molar-refractivity contribution in [3.8, 4) is 0 Å². The van der Waals surface area contributed by atoms with Crippen molar-refractivity contribution >= 4 is 5.96 Å². The third-order valence-electron chi connectivity index (χ3n) is 4.08. The first kappa shape index (κ1) is 21.2. The molecule has 1 heterocycles. The Morgan fingerprint density at radius 2 is 1.62 bits per heavy atom. The molecule has 6 nitrogen and oxygen atoms in total. The van der Waals surface area contributed by atoms with E-state index >= 15 is 0 Å². The van der Waals surface area contributed by atoms with E-state index in [1.54, 1.807) is 7.05 Å². The Bertz CT molecular complexity index is 308. The van der Waals surface area contributed by atoms with Crippen molar-refractivity contribution in [1.29, 1.82) is 0 Å². The highest BCUT2D eigenvalue weighted by molar-refractivity contribution is 5.79. The number of rotatable bonds is 13. The molecule has 0 unspecified atom stereocenters. The summed E-state index contributed by atoms with van der Waals surface area (Å²) in [5.41, 5.74) is 0. The SMILES string of the molecule is CCCCOCCCNC(=NC)NCCCOCC1CCOCC1. The van der Waals surface area contributed by atoms with Crippen LogP contribution in [-0.2, 0) is 14.2 Å². The zero-order valence-electron chi connectivity index (χ0n) is 15.6. The number of hydrogen-bond donors (Lipinski definition) is 2. The molecule has 0 atom stereocenters. The van der Waals surface area contributed by atoms with Crippen LogP contribution in [0.5, 0.6) is 0 Å². The second-order valence-electron chi connectivity index (χ2n) is 6.23. The smallest absolute Gasteiger partial charge is 0.190 e. The van der Waals surface area contributed by atoms with E-state index in [9.17, 15) is 0 Å². The predicted molar refractivity (Wildman–Crippen MR) is 98.7 cm³/mol. The highest BCUT2D eigenvalue weighted by Gasteiger charge is 2.13. The molecule has 0 spiro atoms. The molecule has 0 aromatic rings. The zero-order chi connectivity index (χ0) is 17.3. The Balaban J connectivity index is 1.88. The summed E-state index contributed by atoms with van der Waals surface area (Å²) in [7, 11) is 1.80. The van der Waals surface area contributed by atoms with Gasteiger partial charge in [0.2, 0.25) is 0 Å². The lowest BCUT2D eigenvalue weighted by molar-refractivity contribution is 0.0203. The van der Waals surface area contributed by atoms with Gasteiger partial charge in [-0.15, -0.1) is 0 Å². The monoisotopic (exact) mass is 343 g/mol. The molecule has 0 amide bonds. The summed E-state index contributed by atoms with van der Waals surface area (Å²) in [6, 6.07) is 0. The van der Waals surface area contributed by atoms with Crippen molar-refractivity contribution in [3.05, 3.63) is 0 Å². The molecule has 1 aliphatic heterocycles. The van der Waals surface area contributed by atoms with Crippen LogP contribution in [0.15, 0.2) is 4.99 Å². The molecule has 142 valence electrons. The van der Waals surface area contributed by atoms with E-state index in [0.717, 1.165) is 90.8 Å². The summed E-state index contributed by atoms with van der Waals surface area (Å²) < 4.78 is 16.7. The van der Waals surface area contributed by atoms with E-state index in [-0.39, 0.29) is 0 Å². The molecule has 0 aromatic carbocycles. The molecular formula is C18H37N3O3. The fraction of sp³-hybridized carbons (Fsp3) is 0.944. The van der Waals surface area contributed by atoms with Gasteiger partial charge < -0.3 is 24.8 Å². The minimum Gasteiger partial charge on any atom is -0.381 e. The summed E-state index contributed by atoms with van der Waals surface area (Å²) >= 11 is 0. The van der Waals surface area contributed by atoms with E-state index in [0.29, 0.717) is 5.92 Å². The second kappa shape index (κ2) is 15.7. The molecule has 0 aliphatic carbocycles. The summed E-state index contributed by atoms with van der Waals surface area (Å²) in [5, 5.41) is 6.62. The topological polar surface area (TPSA) is 64.1 Å². The largest absolute Gasteiger partial charge is 0.381 e. The maximum atomic E-state index is 5.76. The Morgan fingerprint density at radius 3 is 2.25 bits per heavy atom. The van der Waals surface area contributed by atoms with Crippen LogP contribution in [0.4, 0.5) is 0 Å². The Hall–Kier alpha value is -0.850. The van der Waals surface area contributed by atoms with Gasteiger partial charge in [-0.05, 0) is 38.0 Å². The minimum atomic E-state index is 0.681. The van der Waals surface area contributed by atoms with Crippen LogP contribution in [0.3, 0.4) is 0 Å². The fourth-order valence-corrected chi connectivity index (χ4v) is 2.49. The van der Waals surface area contributed by atoms with Gasteiger partial charge in [0.25, 0.3) is 0 Å². The van der Waals surface area contributed by atoms with Crippen LogP contribution in [0, 0.1) is 5.92 Å². The predicted octanol–water partition coefficient (Wildman–Crippen LogP) is 2.19. The first-order chi connectivity index (χ1) is 11.9. The molecular weight excluding hydrogens is 306 g/mol. The van der Waals surface area contributed by atoms with Crippen LogP contribution in [0.25, 0.3) is 0 Å². The molecule has 0 saturated carbocycles. The minimum absolute atomic E-state index is 0.681. The van der Waals surface area contributed by atoms with E-state index in [4.69, 9.17) is 14.2 Å². The molecule has 1 rings (SSSR count). The standard InChI is InChI=1S/C18H37N3O3/c1-3-4-11-22-12-5-9-20-18(19-2)21-10-6-13-24-16-17-7-14-23-15-8-17/h17H,3-16H2,1-2H3,(H2,19,20,21). The molecule has 1 saturated heterocycles. The number of ether oxygens (including phenoxy) is 3. The van der Waals surface area contributed by atoms with E-state index < -0.39 is 0 Å². The summed E-state index contributed by atoms with van der Waals surface area (Å²) in [5.74, 6) is 1.54. The quantitative estimate of drug-likeness (QED) is 0.305. The molecule has 1 fully saturated rings. The summed E-state index contributed by atoms with van der Waals surface area (Å²) in [4.78, 5) is 4.23. The Morgan fingerprint density at radius 1 is 1.00 bits per heavy atom. The van der Waals surface area contributed by atoms with Crippen LogP contribution < -0.4 is 10.6 Å². The maximum Gasteiger partial charge on any atom is 0.190 e. The van der Waals surface area contributed by atoms with Gasteiger partial charge in [-0.3, -0.25) is 4.99 Å². The lowest BCUT2D eigenvalue weighted by atomic mass is 10.0. The zero-order valence-corrected chi connectivity index (χ0v) is 15.6. The normalized spacial score (nSPS) is 16.3. The van der Waals surface area contributed by atoms with Crippen LogP contribution in [-0.4, -0.2) is 65.7 Å². The van der Waals surface area contributed by atoms with Crippen molar-refractivity contribution < 1.29 is 14.2 Å². The van der Waals surface area contributed by atoms with Crippen molar-refractivity contribution in [2.24, 2.45) is 10.9 Å². The molecule has 1 aliphatic rings. The number of aliphatic imine (C=N–C) groups is 1. The molecule has 0 bridgehead atoms. The van der Waals surface area contributed by atoms with E-state index in [1.165, 1.54) is 6.42 Å². The van der Waals surface area contributed by atoms with Crippen molar-refractivity contribution in [2.75, 3.05) is 59.8 Å². The number of unbranched alkanes of at least 4 members (excludes halogenated alkanes) is 1. The molecule has 2 N–H and O–H groups in total. The van der Waals surface area contributed by atoms with Gasteiger partial charge in [0.1, 0.15) is 0 Å². The van der Waals surface area contributed by atoms with Gasteiger partial charge in [-0.25, -0.2) is 0 Å². The van der Waals surface area contributed by atoms with Gasteiger partial charge >= 0.3 is 0 Å². The van der Waals surface area contributed by atoms with E-state index in [1.807, 2.05) is 0 Å². The van der Waals surface area contributed by atoms with Gasteiger partial charge in [0, 0.05) is 59.8 Å². The average Bonchev–Trinajstić information content (AvgIpc) is 2.63. The first-order valence-corrected chi connectivity index (χ1v) is 9.54. The maximum absolute atomic E-state index is 5.76. The number of hydrogen-bond acceptors (Lipinski definition) is 4. The molecule has 0 aromatic heterocycles. The highest BCUT2D eigenvalue weighted by atomic mass is 16.5. The lowest BCUT2D eigenvalue weighted by Gasteiger charge is -2.21.